The first kappa shape index (κ1) is 15.8. The number of fused-ring (bicyclic) bond motifs is 1. The first-order valence-corrected chi connectivity index (χ1v) is 9.57. The van der Waals surface area contributed by atoms with E-state index < -0.39 is 0 Å². The van der Waals surface area contributed by atoms with Crippen molar-refractivity contribution in [1.29, 1.82) is 0 Å². The molecule has 2 heterocycles. The Morgan fingerprint density at radius 3 is 2.62 bits per heavy atom. The first-order valence-electron chi connectivity index (χ1n) is 9.57. The van der Waals surface area contributed by atoms with Crippen molar-refractivity contribution >= 4 is 6.03 Å². The predicted octanol–water partition coefficient (Wildman–Crippen LogP) is 3.89. The summed E-state index contributed by atoms with van der Waals surface area (Å²) in [5.74, 6) is 1.05. The van der Waals surface area contributed by atoms with Gasteiger partial charge in [0.1, 0.15) is 11.4 Å². The second kappa shape index (κ2) is 6.66. The van der Waals surface area contributed by atoms with Gasteiger partial charge in [-0.3, -0.25) is 0 Å². The van der Waals surface area contributed by atoms with Crippen LogP contribution in [0.2, 0.25) is 0 Å². The van der Waals surface area contributed by atoms with Crippen molar-refractivity contribution in [3.05, 3.63) is 29.8 Å². The van der Waals surface area contributed by atoms with Crippen LogP contribution in [0, 0.1) is 0 Å². The Morgan fingerprint density at radius 2 is 1.83 bits per heavy atom. The summed E-state index contributed by atoms with van der Waals surface area (Å²) in [5, 5.41) is 3.24. The number of rotatable bonds is 1. The van der Waals surface area contributed by atoms with Crippen LogP contribution in [-0.4, -0.2) is 35.7 Å². The van der Waals surface area contributed by atoms with Gasteiger partial charge in [-0.1, -0.05) is 37.5 Å². The number of aryl methyl sites for hydroxylation is 1. The highest BCUT2D eigenvalue weighted by molar-refractivity contribution is 5.74. The number of carbonyl (C=O) groups excluding carboxylic acids is 1. The van der Waals surface area contributed by atoms with Crippen molar-refractivity contribution < 1.29 is 9.53 Å². The lowest BCUT2D eigenvalue weighted by molar-refractivity contribution is -0.00580. The first-order chi connectivity index (χ1) is 11.7. The van der Waals surface area contributed by atoms with Crippen LogP contribution >= 0.6 is 0 Å². The Bertz CT molecular complexity index is 587. The molecule has 1 spiro atoms. The minimum absolute atomic E-state index is 0.0596. The Kier molecular flexibility index (Phi) is 4.38. The zero-order valence-corrected chi connectivity index (χ0v) is 14.4. The number of nitrogens with one attached hydrogen (secondary N) is 1. The Hall–Kier alpha value is -1.71. The number of nitrogens with zero attached hydrogens (tertiary/aromatic N) is 1. The summed E-state index contributed by atoms with van der Waals surface area (Å²) in [4.78, 5) is 14.5. The molecule has 2 aliphatic heterocycles. The van der Waals surface area contributed by atoms with E-state index in [0.717, 1.165) is 57.4 Å². The smallest absolute Gasteiger partial charge is 0.317 e. The molecule has 2 fully saturated rings. The maximum atomic E-state index is 12.5. The quantitative estimate of drug-likeness (QED) is 0.850. The molecular weight excluding hydrogens is 300 g/mol. The van der Waals surface area contributed by atoms with E-state index in [1.54, 1.807) is 0 Å². The molecule has 24 heavy (non-hydrogen) atoms. The minimum atomic E-state index is -0.0596. The summed E-state index contributed by atoms with van der Waals surface area (Å²) in [6.07, 6.45) is 10.2. The molecule has 0 aromatic heterocycles. The average molecular weight is 328 g/mol. The summed E-state index contributed by atoms with van der Waals surface area (Å²) in [6, 6.07) is 8.89. The van der Waals surface area contributed by atoms with Crippen LogP contribution in [0.4, 0.5) is 4.79 Å². The van der Waals surface area contributed by atoms with E-state index in [9.17, 15) is 4.79 Å². The van der Waals surface area contributed by atoms with Crippen molar-refractivity contribution in [2.24, 2.45) is 0 Å². The zero-order chi connectivity index (χ0) is 16.4. The second-order valence-electron chi connectivity index (χ2n) is 7.66. The molecule has 4 rings (SSSR count). The predicted molar refractivity (Wildman–Crippen MR) is 94.3 cm³/mol. The van der Waals surface area contributed by atoms with Crippen LogP contribution in [0.25, 0.3) is 0 Å². The fourth-order valence-electron chi connectivity index (χ4n) is 4.44. The number of carbonyl (C=O) groups is 1. The van der Waals surface area contributed by atoms with Gasteiger partial charge in [0.25, 0.3) is 0 Å². The third kappa shape index (κ3) is 3.24. The molecule has 1 aliphatic carbocycles. The van der Waals surface area contributed by atoms with E-state index in [2.05, 4.69) is 23.5 Å². The van der Waals surface area contributed by atoms with Crippen molar-refractivity contribution in [3.63, 3.8) is 0 Å². The molecule has 1 saturated heterocycles. The number of hydrogen-bond donors (Lipinski definition) is 1. The standard InChI is InChI=1S/C20H28N2O2/c23-19(21-17-7-2-1-3-8-17)22-14-12-20(13-15-22)11-10-16-6-4-5-9-18(16)24-20/h4-6,9,17H,1-3,7-8,10-15H2,(H,21,23). The largest absolute Gasteiger partial charge is 0.487 e. The van der Waals surface area contributed by atoms with Crippen molar-refractivity contribution in [3.8, 4) is 5.75 Å². The molecule has 1 aromatic carbocycles. The topological polar surface area (TPSA) is 41.6 Å². The molecule has 130 valence electrons. The highest BCUT2D eigenvalue weighted by atomic mass is 16.5. The number of ether oxygens (including phenoxy) is 1. The van der Waals surface area contributed by atoms with E-state index in [0.29, 0.717) is 6.04 Å². The van der Waals surface area contributed by atoms with Gasteiger partial charge in [-0.2, -0.15) is 0 Å². The van der Waals surface area contributed by atoms with Crippen molar-refractivity contribution in [2.45, 2.75) is 69.4 Å². The Balaban J connectivity index is 1.33. The molecule has 1 saturated carbocycles. The van der Waals surface area contributed by atoms with Gasteiger partial charge in [0.2, 0.25) is 0 Å². The van der Waals surface area contributed by atoms with Gasteiger partial charge >= 0.3 is 6.03 Å². The number of urea groups is 1. The van der Waals surface area contributed by atoms with Gasteiger partial charge in [0.15, 0.2) is 0 Å². The maximum absolute atomic E-state index is 12.5. The van der Waals surface area contributed by atoms with Crippen LogP contribution in [0.1, 0.15) is 56.9 Å². The van der Waals surface area contributed by atoms with E-state index in [1.165, 1.54) is 24.8 Å². The fourth-order valence-corrected chi connectivity index (χ4v) is 4.44. The van der Waals surface area contributed by atoms with Gasteiger partial charge in [-0.05, 0) is 37.3 Å². The maximum Gasteiger partial charge on any atom is 0.317 e. The minimum Gasteiger partial charge on any atom is -0.487 e. The lowest BCUT2D eigenvalue weighted by atomic mass is 9.83. The molecule has 0 bridgehead atoms. The summed E-state index contributed by atoms with van der Waals surface area (Å²) in [6.45, 7) is 1.61. The SMILES string of the molecule is O=C(NC1CCCCC1)N1CCC2(CCc3ccccc3O2)CC1. The van der Waals surface area contributed by atoms with E-state index in [1.807, 2.05) is 11.0 Å². The number of likely N-dealkylation sites (tertiary alicyclic amines) is 1. The molecule has 1 aromatic rings. The number of para-hydroxylation sites is 1. The lowest BCUT2D eigenvalue weighted by Crippen LogP contribution is -2.54. The summed E-state index contributed by atoms with van der Waals surface area (Å²) in [7, 11) is 0. The molecule has 4 nitrogen and oxygen atoms in total. The number of benzene rings is 1. The molecule has 3 aliphatic rings. The highest BCUT2D eigenvalue weighted by Gasteiger charge is 2.40. The molecule has 0 radical (unpaired) electrons. The van der Waals surface area contributed by atoms with E-state index in [-0.39, 0.29) is 11.6 Å². The van der Waals surface area contributed by atoms with Crippen LogP contribution in [-0.2, 0) is 6.42 Å². The third-order valence-corrected chi connectivity index (χ3v) is 6.04. The van der Waals surface area contributed by atoms with Crippen molar-refractivity contribution in [2.75, 3.05) is 13.1 Å². The fraction of sp³-hybridized carbons (Fsp3) is 0.650. The van der Waals surface area contributed by atoms with Crippen LogP contribution in [0.3, 0.4) is 0 Å². The van der Waals surface area contributed by atoms with Crippen LogP contribution in [0.5, 0.6) is 5.75 Å². The molecule has 2 amide bonds. The summed E-state index contributed by atoms with van der Waals surface area (Å²) in [5.41, 5.74) is 1.26. The second-order valence-corrected chi connectivity index (χ2v) is 7.66. The zero-order valence-electron chi connectivity index (χ0n) is 14.4. The van der Waals surface area contributed by atoms with Gasteiger partial charge in [-0.15, -0.1) is 0 Å². The number of hydrogen-bond acceptors (Lipinski definition) is 2. The normalized spacial score (nSPS) is 23.4. The number of piperidine rings is 1. The van der Waals surface area contributed by atoms with E-state index in [4.69, 9.17) is 4.74 Å². The molecule has 0 unspecified atom stereocenters. The van der Waals surface area contributed by atoms with E-state index >= 15 is 0 Å². The third-order valence-electron chi connectivity index (χ3n) is 6.04. The molecule has 1 N–H and O–H groups in total. The summed E-state index contributed by atoms with van der Waals surface area (Å²) >= 11 is 0. The highest BCUT2D eigenvalue weighted by Crippen LogP contribution is 2.39. The van der Waals surface area contributed by atoms with Crippen LogP contribution in [0.15, 0.2) is 24.3 Å². The van der Waals surface area contributed by atoms with Crippen LogP contribution < -0.4 is 10.1 Å². The Morgan fingerprint density at radius 1 is 1.08 bits per heavy atom. The van der Waals surface area contributed by atoms with Crippen molar-refractivity contribution in [1.82, 2.24) is 10.2 Å². The molecular formula is C20H28N2O2. The lowest BCUT2D eigenvalue weighted by Gasteiger charge is -2.44. The number of amides is 2. The average Bonchev–Trinajstić information content (AvgIpc) is 2.63. The summed E-state index contributed by atoms with van der Waals surface area (Å²) < 4.78 is 6.38. The monoisotopic (exact) mass is 328 g/mol. The molecule has 4 heteroatoms. The Labute approximate surface area is 144 Å². The van der Waals surface area contributed by atoms with Gasteiger partial charge < -0.3 is 15.0 Å². The van der Waals surface area contributed by atoms with Gasteiger partial charge in [0, 0.05) is 32.0 Å². The molecule has 0 atom stereocenters. The van der Waals surface area contributed by atoms with Gasteiger partial charge in [-0.25, -0.2) is 4.79 Å². The van der Waals surface area contributed by atoms with Gasteiger partial charge in [0.05, 0.1) is 0 Å².